The van der Waals surface area contributed by atoms with Gasteiger partial charge in [0.1, 0.15) is 11.3 Å². The van der Waals surface area contributed by atoms with Crippen molar-refractivity contribution in [3.63, 3.8) is 0 Å². The Hall–Kier alpha value is -4.91. The lowest BCUT2D eigenvalue weighted by Crippen LogP contribution is -2.33. The number of methoxy groups -OCH3 is 1. The van der Waals surface area contributed by atoms with E-state index >= 15 is 0 Å². The number of carbonyl (C=O) groups excluding carboxylic acids is 2. The second kappa shape index (κ2) is 10.2. The van der Waals surface area contributed by atoms with Crippen molar-refractivity contribution < 1.29 is 18.7 Å². The molecule has 0 aliphatic carbocycles. The summed E-state index contributed by atoms with van der Waals surface area (Å²) in [6.45, 7) is 3.58. The molecule has 1 aromatic heterocycles. The van der Waals surface area contributed by atoms with Gasteiger partial charge in [-0.1, -0.05) is 48.5 Å². The third kappa shape index (κ3) is 4.62. The minimum atomic E-state index is -0.723. The summed E-state index contributed by atoms with van der Waals surface area (Å²) in [5, 5.41) is 6.61. The third-order valence-electron chi connectivity index (χ3n) is 6.58. The van der Waals surface area contributed by atoms with E-state index < -0.39 is 11.9 Å². The van der Waals surface area contributed by atoms with Crippen molar-refractivity contribution >= 4 is 28.5 Å². The topological polar surface area (TPSA) is 97.6 Å². The Balaban J connectivity index is 1.64. The first kappa shape index (κ1) is 24.8. The molecule has 7 nitrogen and oxygen atoms in total. The van der Waals surface area contributed by atoms with Gasteiger partial charge in [0.05, 0.1) is 24.0 Å². The van der Waals surface area contributed by atoms with Gasteiger partial charge < -0.3 is 19.8 Å². The van der Waals surface area contributed by atoms with Gasteiger partial charge in [-0.3, -0.25) is 9.59 Å². The highest BCUT2D eigenvalue weighted by Crippen LogP contribution is 2.40. The first-order chi connectivity index (χ1) is 18.4. The standard InChI is InChI=1S/C31H26N2O5/c1-18-27(30(35)33-22-12-5-4-6-13-22)29(28(19(2)32-18)31(36)37-3)21-11-9-10-20(16-21)26-17-24(34)23-14-7-8-15-25(23)38-26/h4-17,29,32H,1-3H3,(H,33,35). The molecule has 0 saturated heterocycles. The summed E-state index contributed by atoms with van der Waals surface area (Å²) in [6, 6.07) is 25.0. The summed E-state index contributed by atoms with van der Waals surface area (Å²) in [5.41, 5.74) is 4.21. The van der Waals surface area contributed by atoms with E-state index in [0.717, 1.165) is 0 Å². The van der Waals surface area contributed by atoms with Crippen LogP contribution in [0.15, 0.2) is 117 Å². The van der Waals surface area contributed by atoms with E-state index in [1.165, 1.54) is 13.2 Å². The van der Waals surface area contributed by atoms with Crippen molar-refractivity contribution in [1.29, 1.82) is 0 Å². The van der Waals surface area contributed by atoms with Crippen molar-refractivity contribution in [2.45, 2.75) is 19.8 Å². The van der Waals surface area contributed by atoms with E-state index in [4.69, 9.17) is 9.15 Å². The van der Waals surface area contributed by atoms with E-state index in [9.17, 15) is 14.4 Å². The zero-order chi connectivity index (χ0) is 26.8. The maximum Gasteiger partial charge on any atom is 0.336 e. The van der Waals surface area contributed by atoms with Crippen LogP contribution < -0.4 is 16.1 Å². The van der Waals surface area contributed by atoms with Gasteiger partial charge in [-0.15, -0.1) is 0 Å². The molecule has 2 heterocycles. The van der Waals surface area contributed by atoms with Crippen LogP contribution in [-0.4, -0.2) is 19.0 Å². The fraction of sp³-hybridized carbons (Fsp3) is 0.129. The summed E-state index contributed by atoms with van der Waals surface area (Å²) >= 11 is 0. The Morgan fingerprint density at radius 3 is 2.34 bits per heavy atom. The number of ether oxygens (including phenoxy) is 1. The fourth-order valence-electron chi connectivity index (χ4n) is 4.85. The van der Waals surface area contributed by atoms with E-state index in [1.54, 1.807) is 44.2 Å². The minimum absolute atomic E-state index is 0.154. The molecule has 1 aliphatic heterocycles. The lowest BCUT2D eigenvalue weighted by molar-refractivity contribution is -0.136. The van der Waals surface area contributed by atoms with Gasteiger partial charge in [0.15, 0.2) is 5.43 Å². The second-order valence-electron chi connectivity index (χ2n) is 9.04. The number of carbonyl (C=O) groups is 2. The molecule has 0 saturated carbocycles. The Kier molecular flexibility index (Phi) is 6.66. The van der Waals surface area contributed by atoms with E-state index in [1.807, 2.05) is 48.5 Å². The molecule has 1 atom stereocenters. The number of rotatable bonds is 5. The molecule has 3 aromatic carbocycles. The van der Waals surface area contributed by atoms with Crippen LogP contribution in [0, 0.1) is 0 Å². The van der Waals surface area contributed by atoms with Gasteiger partial charge in [-0.05, 0) is 49.7 Å². The van der Waals surface area contributed by atoms with Gasteiger partial charge in [0.25, 0.3) is 5.91 Å². The molecule has 4 aromatic rings. The van der Waals surface area contributed by atoms with Gasteiger partial charge in [0.2, 0.25) is 0 Å². The van der Waals surface area contributed by atoms with Crippen LogP contribution in [-0.2, 0) is 14.3 Å². The van der Waals surface area contributed by atoms with Gasteiger partial charge in [-0.2, -0.15) is 0 Å². The molecule has 7 heteroatoms. The zero-order valence-corrected chi connectivity index (χ0v) is 21.2. The molecule has 1 unspecified atom stereocenters. The summed E-state index contributed by atoms with van der Waals surface area (Å²) in [7, 11) is 1.31. The van der Waals surface area contributed by atoms with Gasteiger partial charge in [0, 0.05) is 34.3 Å². The number of hydrogen-bond donors (Lipinski definition) is 2. The van der Waals surface area contributed by atoms with Crippen molar-refractivity contribution in [3.8, 4) is 11.3 Å². The highest BCUT2D eigenvalue weighted by atomic mass is 16.5. The monoisotopic (exact) mass is 506 g/mol. The average molecular weight is 507 g/mol. The molecule has 1 amide bonds. The molecule has 0 fully saturated rings. The number of anilines is 1. The molecule has 1 aliphatic rings. The van der Waals surface area contributed by atoms with Crippen molar-refractivity contribution in [2.75, 3.05) is 12.4 Å². The normalized spacial score (nSPS) is 15.3. The summed E-state index contributed by atoms with van der Waals surface area (Å²) in [6.07, 6.45) is 0. The second-order valence-corrected chi connectivity index (χ2v) is 9.04. The van der Waals surface area contributed by atoms with Crippen molar-refractivity contribution in [1.82, 2.24) is 5.32 Å². The van der Waals surface area contributed by atoms with Crippen LogP contribution in [0.5, 0.6) is 0 Å². The molecular formula is C31H26N2O5. The highest BCUT2D eigenvalue weighted by molar-refractivity contribution is 6.08. The highest BCUT2D eigenvalue weighted by Gasteiger charge is 2.37. The zero-order valence-electron chi connectivity index (χ0n) is 21.2. The average Bonchev–Trinajstić information content (AvgIpc) is 2.92. The smallest absolute Gasteiger partial charge is 0.336 e. The van der Waals surface area contributed by atoms with Gasteiger partial charge >= 0.3 is 5.97 Å². The predicted octanol–water partition coefficient (Wildman–Crippen LogP) is 5.51. The lowest BCUT2D eigenvalue weighted by Gasteiger charge is -2.31. The van der Waals surface area contributed by atoms with Crippen LogP contribution >= 0.6 is 0 Å². The number of amides is 1. The number of nitrogens with one attached hydrogen (secondary N) is 2. The summed E-state index contributed by atoms with van der Waals surface area (Å²) < 4.78 is 11.2. The van der Waals surface area contributed by atoms with Crippen LogP contribution in [0.2, 0.25) is 0 Å². The van der Waals surface area contributed by atoms with Crippen LogP contribution in [0.4, 0.5) is 5.69 Å². The third-order valence-corrected chi connectivity index (χ3v) is 6.58. The molecule has 38 heavy (non-hydrogen) atoms. The fourth-order valence-corrected chi connectivity index (χ4v) is 4.85. The molecule has 2 N–H and O–H groups in total. The first-order valence-electron chi connectivity index (χ1n) is 12.1. The Morgan fingerprint density at radius 2 is 1.58 bits per heavy atom. The van der Waals surface area contributed by atoms with Crippen LogP contribution in [0.3, 0.4) is 0 Å². The summed E-state index contributed by atoms with van der Waals surface area (Å²) in [5.74, 6) is -1.22. The van der Waals surface area contributed by atoms with Gasteiger partial charge in [-0.25, -0.2) is 4.79 Å². The predicted molar refractivity (Wildman–Crippen MR) is 146 cm³/mol. The molecule has 0 bridgehead atoms. The number of fused-ring (bicyclic) bond motifs is 1. The number of para-hydroxylation sites is 2. The number of dihydropyridines is 1. The number of allylic oxidation sites excluding steroid dienone is 2. The quantitative estimate of drug-likeness (QED) is 0.347. The summed E-state index contributed by atoms with van der Waals surface area (Å²) in [4.78, 5) is 39.4. The Bertz CT molecular complexity index is 1680. The van der Waals surface area contributed by atoms with Crippen LogP contribution in [0.1, 0.15) is 25.3 Å². The van der Waals surface area contributed by atoms with Crippen molar-refractivity contribution in [3.05, 3.63) is 123 Å². The largest absolute Gasteiger partial charge is 0.466 e. The van der Waals surface area contributed by atoms with Crippen molar-refractivity contribution in [2.24, 2.45) is 0 Å². The molecule has 0 radical (unpaired) electrons. The maximum absolute atomic E-state index is 13.6. The Labute approximate surface area is 219 Å². The van der Waals surface area contributed by atoms with E-state index in [2.05, 4.69) is 10.6 Å². The number of hydrogen-bond acceptors (Lipinski definition) is 6. The maximum atomic E-state index is 13.6. The van der Waals surface area contributed by atoms with E-state index in [0.29, 0.717) is 56.1 Å². The number of esters is 1. The number of benzene rings is 3. The minimum Gasteiger partial charge on any atom is -0.466 e. The molecule has 190 valence electrons. The Morgan fingerprint density at radius 1 is 0.868 bits per heavy atom. The first-order valence-corrected chi connectivity index (χ1v) is 12.1. The molecule has 5 rings (SSSR count). The van der Waals surface area contributed by atoms with Crippen LogP contribution in [0.25, 0.3) is 22.3 Å². The SMILES string of the molecule is COC(=O)C1=C(C)NC(C)=C(C(=O)Nc2ccccc2)C1c1cccc(-c2cc(=O)c3ccccc3o2)c1. The molecule has 0 spiro atoms. The molecular weight excluding hydrogens is 480 g/mol. The van der Waals surface area contributed by atoms with E-state index in [-0.39, 0.29) is 11.3 Å². The lowest BCUT2D eigenvalue weighted by atomic mass is 9.79.